The van der Waals surface area contributed by atoms with Gasteiger partial charge >= 0.3 is 0 Å². The van der Waals surface area contributed by atoms with Crippen molar-refractivity contribution in [2.24, 2.45) is 5.73 Å². The summed E-state index contributed by atoms with van der Waals surface area (Å²) in [6, 6.07) is 1.90. The molecule has 0 aliphatic carbocycles. The predicted molar refractivity (Wildman–Crippen MR) is 69.8 cm³/mol. The molecule has 0 aromatic carbocycles. The molecule has 1 atom stereocenters. The quantitative estimate of drug-likeness (QED) is 0.908. The van der Waals surface area contributed by atoms with Gasteiger partial charge in [-0.2, -0.15) is 4.31 Å². The van der Waals surface area contributed by atoms with Crippen molar-refractivity contribution in [3.63, 3.8) is 0 Å². The van der Waals surface area contributed by atoms with Crippen LogP contribution in [-0.4, -0.2) is 31.9 Å². The highest BCUT2D eigenvalue weighted by Gasteiger charge is 2.36. The minimum absolute atomic E-state index is 0.0261. The molecule has 0 bridgehead atoms. The third-order valence-electron chi connectivity index (χ3n) is 3.13. The second-order valence-electron chi connectivity index (χ2n) is 4.48. The van der Waals surface area contributed by atoms with Crippen LogP contribution in [0.4, 0.5) is 0 Å². The average Bonchev–Trinajstić information content (AvgIpc) is 2.84. The maximum absolute atomic E-state index is 12.5. The monoisotopic (exact) mass is 274 g/mol. The summed E-state index contributed by atoms with van der Waals surface area (Å²) in [7, 11) is -3.34. The molecule has 6 heteroatoms. The van der Waals surface area contributed by atoms with Crippen LogP contribution in [0.2, 0.25) is 0 Å². The Labute approximate surface area is 106 Å². The fourth-order valence-corrected chi connectivity index (χ4v) is 5.83. The molecule has 1 saturated heterocycles. The Morgan fingerprint density at radius 3 is 2.76 bits per heavy atom. The van der Waals surface area contributed by atoms with Crippen LogP contribution in [0.1, 0.15) is 23.3 Å². The predicted octanol–water partition coefficient (Wildman–Crippen LogP) is 1.48. The third-order valence-corrected chi connectivity index (χ3v) is 6.85. The minimum Gasteiger partial charge on any atom is -0.329 e. The van der Waals surface area contributed by atoms with Crippen LogP contribution in [0.5, 0.6) is 0 Å². The van der Waals surface area contributed by atoms with Gasteiger partial charge in [-0.15, -0.1) is 11.3 Å². The van der Waals surface area contributed by atoms with E-state index < -0.39 is 10.0 Å². The molecule has 1 unspecified atom stereocenters. The van der Waals surface area contributed by atoms with Gasteiger partial charge in [-0.05, 0) is 38.3 Å². The van der Waals surface area contributed by atoms with Crippen LogP contribution in [0.25, 0.3) is 0 Å². The lowest BCUT2D eigenvalue weighted by Gasteiger charge is -2.22. The van der Waals surface area contributed by atoms with Crippen LogP contribution < -0.4 is 5.73 Å². The van der Waals surface area contributed by atoms with Crippen molar-refractivity contribution in [1.82, 2.24) is 4.31 Å². The van der Waals surface area contributed by atoms with E-state index in [4.69, 9.17) is 5.73 Å². The Bertz CT molecular complexity index is 508. The molecule has 2 N–H and O–H groups in total. The van der Waals surface area contributed by atoms with Gasteiger partial charge in [0.1, 0.15) is 4.21 Å². The SMILES string of the molecule is Cc1cc(C)c(S(=O)(=O)N2CCCC2CN)s1. The number of hydrogen-bond donors (Lipinski definition) is 1. The van der Waals surface area contributed by atoms with Gasteiger partial charge in [0.25, 0.3) is 10.0 Å². The van der Waals surface area contributed by atoms with E-state index in [-0.39, 0.29) is 6.04 Å². The summed E-state index contributed by atoms with van der Waals surface area (Å²) in [6.45, 7) is 4.79. The Morgan fingerprint density at radius 1 is 1.53 bits per heavy atom. The van der Waals surface area contributed by atoms with Gasteiger partial charge in [0.15, 0.2) is 0 Å². The lowest BCUT2D eigenvalue weighted by molar-refractivity contribution is 0.394. The molecule has 1 aromatic heterocycles. The van der Waals surface area contributed by atoms with E-state index in [0.717, 1.165) is 23.3 Å². The molecule has 0 amide bonds. The normalized spacial score (nSPS) is 22.2. The minimum atomic E-state index is -3.34. The average molecular weight is 274 g/mol. The molecule has 0 saturated carbocycles. The Hall–Kier alpha value is -0.430. The zero-order valence-electron chi connectivity index (χ0n) is 10.1. The summed E-state index contributed by atoms with van der Waals surface area (Å²) in [5.41, 5.74) is 6.48. The molecule has 96 valence electrons. The fraction of sp³-hybridized carbons (Fsp3) is 0.636. The highest BCUT2D eigenvalue weighted by molar-refractivity contribution is 7.91. The molecule has 1 aromatic rings. The summed E-state index contributed by atoms with van der Waals surface area (Å²) in [4.78, 5) is 1.03. The lowest BCUT2D eigenvalue weighted by atomic mass is 10.2. The first kappa shape index (κ1) is 13.0. The first-order valence-electron chi connectivity index (χ1n) is 5.75. The van der Waals surface area contributed by atoms with Crippen LogP contribution in [0.15, 0.2) is 10.3 Å². The number of thiophene rings is 1. The van der Waals surface area contributed by atoms with Gasteiger partial charge in [0.05, 0.1) is 0 Å². The molecule has 1 fully saturated rings. The van der Waals surface area contributed by atoms with E-state index in [9.17, 15) is 8.42 Å². The van der Waals surface area contributed by atoms with Crippen molar-refractivity contribution in [1.29, 1.82) is 0 Å². The van der Waals surface area contributed by atoms with Gasteiger partial charge in [0.2, 0.25) is 0 Å². The molecular formula is C11H18N2O2S2. The topological polar surface area (TPSA) is 63.4 Å². The van der Waals surface area contributed by atoms with Crippen molar-refractivity contribution < 1.29 is 8.42 Å². The van der Waals surface area contributed by atoms with Crippen LogP contribution >= 0.6 is 11.3 Å². The molecular weight excluding hydrogens is 256 g/mol. The molecule has 1 aliphatic rings. The Balaban J connectivity index is 2.39. The van der Waals surface area contributed by atoms with Gasteiger partial charge in [0, 0.05) is 24.0 Å². The lowest BCUT2D eigenvalue weighted by Crippen LogP contribution is -2.39. The number of sulfonamides is 1. The van der Waals surface area contributed by atoms with Crippen molar-refractivity contribution in [2.75, 3.05) is 13.1 Å². The molecule has 2 heterocycles. The van der Waals surface area contributed by atoms with Crippen molar-refractivity contribution >= 4 is 21.4 Å². The van der Waals surface area contributed by atoms with E-state index in [1.54, 1.807) is 4.31 Å². The fourth-order valence-electron chi connectivity index (χ4n) is 2.34. The summed E-state index contributed by atoms with van der Waals surface area (Å²) < 4.78 is 27.1. The summed E-state index contributed by atoms with van der Waals surface area (Å²) in [6.07, 6.45) is 1.78. The van der Waals surface area contributed by atoms with Gasteiger partial charge in [-0.1, -0.05) is 0 Å². The van der Waals surface area contributed by atoms with Gasteiger partial charge in [-0.3, -0.25) is 0 Å². The highest BCUT2D eigenvalue weighted by atomic mass is 32.2. The van der Waals surface area contributed by atoms with Crippen LogP contribution in [0.3, 0.4) is 0 Å². The molecule has 0 radical (unpaired) electrons. The zero-order chi connectivity index (χ0) is 12.6. The second-order valence-corrected chi connectivity index (χ2v) is 7.82. The standard InChI is InChI=1S/C11H18N2O2S2/c1-8-6-9(2)16-11(8)17(14,15)13-5-3-4-10(13)7-12/h6,10H,3-5,7,12H2,1-2H3. The summed E-state index contributed by atoms with van der Waals surface area (Å²) in [5, 5.41) is 0. The van der Waals surface area contributed by atoms with Crippen LogP contribution in [-0.2, 0) is 10.0 Å². The smallest absolute Gasteiger partial charge is 0.253 e. The second kappa shape index (κ2) is 4.68. The molecule has 4 nitrogen and oxygen atoms in total. The first-order valence-corrected chi connectivity index (χ1v) is 8.01. The maximum Gasteiger partial charge on any atom is 0.253 e. The molecule has 0 spiro atoms. The van der Waals surface area contributed by atoms with Crippen molar-refractivity contribution in [3.05, 3.63) is 16.5 Å². The maximum atomic E-state index is 12.5. The number of rotatable bonds is 3. The van der Waals surface area contributed by atoms with E-state index >= 15 is 0 Å². The Morgan fingerprint density at radius 2 is 2.24 bits per heavy atom. The van der Waals surface area contributed by atoms with Gasteiger partial charge < -0.3 is 5.73 Å². The third kappa shape index (κ3) is 2.27. The molecule has 1 aliphatic heterocycles. The van der Waals surface area contributed by atoms with Crippen molar-refractivity contribution in [2.45, 2.75) is 36.9 Å². The van der Waals surface area contributed by atoms with Crippen molar-refractivity contribution in [3.8, 4) is 0 Å². The summed E-state index contributed by atoms with van der Waals surface area (Å²) >= 11 is 1.35. The Kier molecular flexibility index (Phi) is 3.58. The highest BCUT2D eigenvalue weighted by Crippen LogP contribution is 2.32. The number of nitrogens with two attached hydrogens (primary N) is 1. The zero-order valence-corrected chi connectivity index (χ0v) is 11.8. The van der Waals surface area contributed by atoms with Crippen LogP contribution in [0, 0.1) is 13.8 Å². The molecule has 17 heavy (non-hydrogen) atoms. The number of aryl methyl sites for hydroxylation is 2. The van der Waals surface area contributed by atoms with E-state index in [1.165, 1.54) is 11.3 Å². The number of nitrogens with zero attached hydrogens (tertiary/aromatic N) is 1. The largest absolute Gasteiger partial charge is 0.329 e. The van der Waals surface area contributed by atoms with E-state index in [2.05, 4.69) is 0 Å². The number of hydrogen-bond acceptors (Lipinski definition) is 4. The summed E-state index contributed by atoms with van der Waals surface area (Å²) in [5.74, 6) is 0. The van der Waals surface area contributed by atoms with E-state index in [1.807, 2.05) is 19.9 Å². The van der Waals surface area contributed by atoms with Gasteiger partial charge in [-0.25, -0.2) is 8.42 Å². The van der Waals surface area contributed by atoms with E-state index in [0.29, 0.717) is 17.3 Å². The molecule has 2 rings (SSSR count). The first-order chi connectivity index (χ1) is 7.96.